The van der Waals surface area contributed by atoms with Crippen molar-refractivity contribution in [2.75, 3.05) is 11.9 Å². The fourth-order valence-electron chi connectivity index (χ4n) is 4.07. The van der Waals surface area contributed by atoms with Gasteiger partial charge in [0.25, 0.3) is 11.8 Å². The molecular formula is C26H32N2O5. The first-order valence-electron chi connectivity index (χ1n) is 11.4. The van der Waals surface area contributed by atoms with E-state index in [4.69, 9.17) is 9.47 Å². The molecule has 0 aliphatic carbocycles. The monoisotopic (exact) mass is 452 g/mol. The SMILES string of the molecule is Cc1cccc(NC(=O)C(C)OC(=O)c2ccc(OCC(=O)N3C(C)CCCC3C)cc2)c1. The van der Waals surface area contributed by atoms with Gasteiger partial charge in [-0.1, -0.05) is 12.1 Å². The Labute approximate surface area is 195 Å². The Hall–Kier alpha value is -3.35. The van der Waals surface area contributed by atoms with Crippen LogP contribution in [-0.2, 0) is 14.3 Å². The minimum atomic E-state index is -0.958. The van der Waals surface area contributed by atoms with Gasteiger partial charge in [-0.05, 0) is 88.9 Å². The lowest BCUT2D eigenvalue weighted by atomic mass is 9.97. The number of hydrogen-bond acceptors (Lipinski definition) is 5. The Bertz CT molecular complexity index is 978. The Morgan fingerprint density at radius 1 is 1.06 bits per heavy atom. The summed E-state index contributed by atoms with van der Waals surface area (Å²) in [5, 5.41) is 2.74. The van der Waals surface area contributed by atoms with Crippen molar-refractivity contribution in [3.05, 3.63) is 59.7 Å². The molecule has 2 amide bonds. The van der Waals surface area contributed by atoms with E-state index in [1.165, 1.54) is 6.92 Å². The average molecular weight is 453 g/mol. The average Bonchev–Trinajstić information content (AvgIpc) is 2.78. The van der Waals surface area contributed by atoms with Crippen molar-refractivity contribution in [1.82, 2.24) is 4.90 Å². The van der Waals surface area contributed by atoms with Gasteiger partial charge >= 0.3 is 5.97 Å². The highest BCUT2D eigenvalue weighted by molar-refractivity contribution is 5.97. The van der Waals surface area contributed by atoms with Crippen LogP contribution < -0.4 is 10.1 Å². The van der Waals surface area contributed by atoms with Crippen LogP contribution in [0.5, 0.6) is 5.75 Å². The number of ether oxygens (including phenoxy) is 2. The summed E-state index contributed by atoms with van der Waals surface area (Å²) < 4.78 is 10.9. The highest BCUT2D eigenvalue weighted by Crippen LogP contribution is 2.23. The van der Waals surface area contributed by atoms with Crippen LogP contribution in [0, 0.1) is 6.92 Å². The quantitative estimate of drug-likeness (QED) is 0.632. The van der Waals surface area contributed by atoms with Crippen LogP contribution >= 0.6 is 0 Å². The second-order valence-electron chi connectivity index (χ2n) is 8.65. The van der Waals surface area contributed by atoms with E-state index >= 15 is 0 Å². The number of carbonyl (C=O) groups is 3. The Balaban J connectivity index is 1.50. The molecule has 2 aromatic rings. The predicted octanol–water partition coefficient (Wildman–Crippen LogP) is 4.35. The molecule has 1 fully saturated rings. The molecule has 0 aromatic heterocycles. The second kappa shape index (κ2) is 11.0. The van der Waals surface area contributed by atoms with Crippen LogP contribution in [0.3, 0.4) is 0 Å². The Morgan fingerprint density at radius 3 is 2.36 bits per heavy atom. The van der Waals surface area contributed by atoms with E-state index in [0.29, 0.717) is 17.0 Å². The molecule has 3 unspecified atom stereocenters. The molecule has 7 nitrogen and oxygen atoms in total. The summed E-state index contributed by atoms with van der Waals surface area (Å²) in [4.78, 5) is 39.2. The van der Waals surface area contributed by atoms with Gasteiger partial charge in [0.05, 0.1) is 5.56 Å². The standard InChI is InChI=1S/C26H32N2O5/c1-17-7-5-10-22(15-17)27-25(30)20(4)33-26(31)21-11-13-23(14-12-21)32-16-24(29)28-18(2)8-6-9-19(28)3/h5,7,10-15,18-20H,6,8-9,16H2,1-4H3,(H,27,30). The Morgan fingerprint density at radius 2 is 1.73 bits per heavy atom. The fraction of sp³-hybridized carbons (Fsp3) is 0.423. The maximum Gasteiger partial charge on any atom is 0.338 e. The number of rotatable bonds is 7. The number of carbonyl (C=O) groups excluding carboxylic acids is 3. The summed E-state index contributed by atoms with van der Waals surface area (Å²) in [6.45, 7) is 7.53. The van der Waals surface area contributed by atoms with Gasteiger partial charge in [-0.25, -0.2) is 4.79 Å². The van der Waals surface area contributed by atoms with Crippen LogP contribution in [0.25, 0.3) is 0 Å². The minimum Gasteiger partial charge on any atom is -0.484 e. The third kappa shape index (κ3) is 6.57. The summed E-state index contributed by atoms with van der Waals surface area (Å²) >= 11 is 0. The van der Waals surface area contributed by atoms with Crippen molar-refractivity contribution < 1.29 is 23.9 Å². The second-order valence-corrected chi connectivity index (χ2v) is 8.65. The Kier molecular flexibility index (Phi) is 8.09. The van der Waals surface area contributed by atoms with Gasteiger partial charge in [0.1, 0.15) is 5.75 Å². The van der Waals surface area contributed by atoms with Crippen molar-refractivity contribution in [3.8, 4) is 5.75 Å². The van der Waals surface area contributed by atoms with Crippen molar-refractivity contribution in [1.29, 1.82) is 0 Å². The zero-order valence-corrected chi connectivity index (χ0v) is 19.7. The van der Waals surface area contributed by atoms with E-state index in [1.54, 1.807) is 30.3 Å². The first-order valence-corrected chi connectivity index (χ1v) is 11.4. The lowest BCUT2D eigenvalue weighted by Crippen LogP contribution is -2.49. The molecule has 0 bridgehead atoms. The molecule has 1 N–H and O–H groups in total. The zero-order valence-electron chi connectivity index (χ0n) is 19.7. The largest absolute Gasteiger partial charge is 0.484 e. The molecular weight excluding hydrogens is 420 g/mol. The highest BCUT2D eigenvalue weighted by Gasteiger charge is 2.29. The van der Waals surface area contributed by atoms with Gasteiger partial charge in [-0.2, -0.15) is 0 Å². The maximum absolute atomic E-state index is 12.6. The zero-order chi connectivity index (χ0) is 24.0. The number of nitrogens with zero attached hydrogens (tertiary/aromatic N) is 1. The number of hydrogen-bond donors (Lipinski definition) is 1. The molecule has 0 radical (unpaired) electrons. The summed E-state index contributed by atoms with van der Waals surface area (Å²) in [6.07, 6.45) is 2.19. The number of amides is 2. The first-order chi connectivity index (χ1) is 15.7. The van der Waals surface area contributed by atoms with Crippen LogP contribution in [0.4, 0.5) is 5.69 Å². The number of nitrogens with one attached hydrogen (secondary N) is 1. The number of esters is 1. The summed E-state index contributed by atoms with van der Waals surface area (Å²) in [5.74, 6) is -0.567. The molecule has 2 aromatic carbocycles. The normalized spacial score (nSPS) is 18.8. The molecule has 33 heavy (non-hydrogen) atoms. The molecule has 0 spiro atoms. The molecule has 176 valence electrons. The minimum absolute atomic E-state index is 0.0355. The molecule has 1 aliphatic heterocycles. The van der Waals surface area contributed by atoms with Crippen molar-refractivity contribution in [2.24, 2.45) is 0 Å². The summed E-state index contributed by atoms with van der Waals surface area (Å²) in [7, 11) is 0. The van der Waals surface area contributed by atoms with Gasteiger partial charge in [-0.3, -0.25) is 9.59 Å². The molecule has 1 aliphatic rings. The van der Waals surface area contributed by atoms with Crippen LogP contribution in [-0.4, -0.2) is 47.5 Å². The topological polar surface area (TPSA) is 84.9 Å². The molecule has 3 atom stereocenters. The van der Waals surface area contributed by atoms with E-state index < -0.39 is 18.0 Å². The number of benzene rings is 2. The number of anilines is 1. The van der Waals surface area contributed by atoms with Crippen LogP contribution in [0.1, 0.15) is 56.0 Å². The van der Waals surface area contributed by atoms with Crippen LogP contribution in [0.2, 0.25) is 0 Å². The van der Waals surface area contributed by atoms with Crippen molar-refractivity contribution >= 4 is 23.5 Å². The molecule has 3 rings (SSSR count). The summed E-state index contributed by atoms with van der Waals surface area (Å²) in [6, 6.07) is 14.1. The van der Waals surface area contributed by atoms with E-state index in [-0.39, 0.29) is 24.6 Å². The number of piperidine rings is 1. The molecule has 1 saturated heterocycles. The van der Waals surface area contributed by atoms with Gasteiger partial charge in [0.2, 0.25) is 0 Å². The third-order valence-corrected chi connectivity index (χ3v) is 5.87. The maximum atomic E-state index is 12.6. The fourth-order valence-corrected chi connectivity index (χ4v) is 4.07. The molecule has 7 heteroatoms. The third-order valence-electron chi connectivity index (χ3n) is 5.87. The smallest absolute Gasteiger partial charge is 0.338 e. The predicted molar refractivity (Wildman–Crippen MR) is 126 cm³/mol. The molecule has 1 heterocycles. The van der Waals surface area contributed by atoms with E-state index in [9.17, 15) is 14.4 Å². The molecule has 0 saturated carbocycles. The summed E-state index contributed by atoms with van der Waals surface area (Å²) in [5.41, 5.74) is 1.95. The van der Waals surface area contributed by atoms with E-state index in [2.05, 4.69) is 19.2 Å². The van der Waals surface area contributed by atoms with Gasteiger partial charge < -0.3 is 19.7 Å². The van der Waals surface area contributed by atoms with Crippen LogP contribution in [0.15, 0.2) is 48.5 Å². The lowest BCUT2D eigenvalue weighted by Gasteiger charge is -2.38. The number of likely N-dealkylation sites (tertiary alicyclic amines) is 1. The lowest BCUT2D eigenvalue weighted by molar-refractivity contribution is -0.139. The van der Waals surface area contributed by atoms with E-state index in [1.807, 2.05) is 30.0 Å². The first kappa shape index (κ1) is 24.3. The highest BCUT2D eigenvalue weighted by atomic mass is 16.5. The van der Waals surface area contributed by atoms with Gasteiger partial charge in [0, 0.05) is 17.8 Å². The number of aryl methyl sites for hydroxylation is 1. The van der Waals surface area contributed by atoms with Crippen molar-refractivity contribution in [2.45, 2.75) is 65.1 Å². The van der Waals surface area contributed by atoms with E-state index in [0.717, 1.165) is 24.8 Å². The van der Waals surface area contributed by atoms with Gasteiger partial charge in [0.15, 0.2) is 12.7 Å². The van der Waals surface area contributed by atoms with Crippen molar-refractivity contribution in [3.63, 3.8) is 0 Å². The van der Waals surface area contributed by atoms with Gasteiger partial charge in [-0.15, -0.1) is 0 Å².